The number of fused-ring (bicyclic) bond motifs is 1. The molecule has 2 aromatic rings. The topological polar surface area (TPSA) is 56.5 Å². The largest absolute Gasteiger partial charge is 0.493 e. The lowest BCUT2D eigenvalue weighted by Crippen LogP contribution is -2.05. The highest BCUT2D eigenvalue weighted by molar-refractivity contribution is 6.49. The lowest BCUT2D eigenvalue weighted by Gasteiger charge is -2.04. The lowest BCUT2D eigenvalue weighted by atomic mass is 10.1. The van der Waals surface area contributed by atoms with Crippen LogP contribution in [0.1, 0.15) is 5.56 Å². The maximum atomic E-state index is 11.8. The van der Waals surface area contributed by atoms with Gasteiger partial charge in [0.15, 0.2) is 11.3 Å². The van der Waals surface area contributed by atoms with Crippen LogP contribution in [0, 0.1) is 0 Å². The van der Waals surface area contributed by atoms with Gasteiger partial charge in [-0.05, 0) is 18.2 Å². The fourth-order valence-corrected chi connectivity index (χ4v) is 1.78. The number of hydrogen-bond acceptors (Lipinski definition) is 4. The number of aldehydes is 1. The second-order valence-corrected chi connectivity index (χ2v) is 3.88. The first kappa shape index (κ1) is 12.4. The lowest BCUT2D eigenvalue weighted by molar-refractivity contribution is -0.104. The van der Waals surface area contributed by atoms with Gasteiger partial charge < -0.3 is 9.15 Å². The Morgan fingerprint density at radius 3 is 2.89 bits per heavy atom. The molecule has 0 bridgehead atoms. The zero-order valence-corrected chi connectivity index (χ0v) is 10.2. The van der Waals surface area contributed by atoms with E-state index in [4.69, 9.17) is 20.8 Å². The standard InChI is InChI=1S/C13H9ClO4/c1-17-11-4-2-3-8-7-9(10(14)5-6-15)13(16)18-12(8)11/h2-7H,1H3/b10-5-. The average molecular weight is 265 g/mol. The number of carbonyl (C=O) groups excluding carboxylic acids is 1. The monoisotopic (exact) mass is 264 g/mol. The Kier molecular flexibility index (Phi) is 3.48. The van der Waals surface area contributed by atoms with E-state index >= 15 is 0 Å². The molecule has 0 spiro atoms. The van der Waals surface area contributed by atoms with Crippen molar-refractivity contribution in [2.45, 2.75) is 0 Å². The molecule has 92 valence electrons. The quantitative estimate of drug-likeness (QED) is 0.486. The summed E-state index contributed by atoms with van der Waals surface area (Å²) in [5, 5.41) is 0.713. The van der Waals surface area contributed by atoms with Crippen molar-refractivity contribution in [3.05, 3.63) is 46.3 Å². The highest BCUT2D eigenvalue weighted by atomic mass is 35.5. The molecule has 0 amide bonds. The van der Waals surface area contributed by atoms with Crippen molar-refractivity contribution in [3.63, 3.8) is 0 Å². The third-order valence-corrected chi connectivity index (χ3v) is 2.75. The van der Waals surface area contributed by atoms with Gasteiger partial charge in [-0.1, -0.05) is 23.7 Å². The molecule has 2 rings (SSSR count). The van der Waals surface area contributed by atoms with Gasteiger partial charge in [0.1, 0.15) is 6.29 Å². The van der Waals surface area contributed by atoms with Crippen molar-refractivity contribution < 1.29 is 13.9 Å². The first-order valence-corrected chi connectivity index (χ1v) is 5.47. The molecule has 0 aliphatic rings. The number of rotatable bonds is 3. The van der Waals surface area contributed by atoms with E-state index in [0.717, 1.165) is 6.08 Å². The van der Waals surface area contributed by atoms with Crippen LogP contribution < -0.4 is 10.4 Å². The van der Waals surface area contributed by atoms with Crippen LogP contribution >= 0.6 is 11.6 Å². The Balaban J connectivity index is 2.75. The molecule has 0 aliphatic heterocycles. The van der Waals surface area contributed by atoms with Gasteiger partial charge in [0.05, 0.1) is 17.7 Å². The maximum Gasteiger partial charge on any atom is 0.345 e. The number of benzene rings is 1. The summed E-state index contributed by atoms with van der Waals surface area (Å²) in [7, 11) is 1.49. The summed E-state index contributed by atoms with van der Waals surface area (Å²) in [5.41, 5.74) is -0.121. The first-order valence-electron chi connectivity index (χ1n) is 5.09. The number of para-hydroxylation sites is 1. The van der Waals surface area contributed by atoms with Crippen molar-refractivity contribution in [3.8, 4) is 5.75 Å². The Hall–Kier alpha value is -2.07. The van der Waals surface area contributed by atoms with E-state index in [1.54, 1.807) is 24.3 Å². The number of halogens is 1. The minimum absolute atomic E-state index is 0.0449. The number of methoxy groups -OCH3 is 1. The van der Waals surface area contributed by atoms with Gasteiger partial charge in [-0.25, -0.2) is 4.79 Å². The van der Waals surface area contributed by atoms with Crippen molar-refractivity contribution >= 4 is 33.9 Å². The Morgan fingerprint density at radius 2 is 2.22 bits per heavy atom. The zero-order chi connectivity index (χ0) is 13.1. The molecule has 0 saturated carbocycles. The van der Waals surface area contributed by atoms with Crippen molar-refractivity contribution in [1.82, 2.24) is 0 Å². The molecule has 1 aromatic heterocycles. The number of ether oxygens (including phenoxy) is 1. The minimum atomic E-state index is -0.616. The van der Waals surface area contributed by atoms with Gasteiger partial charge in [0, 0.05) is 5.39 Å². The third-order valence-electron chi connectivity index (χ3n) is 2.42. The smallest absolute Gasteiger partial charge is 0.345 e. The molecule has 0 aliphatic carbocycles. The van der Waals surface area contributed by atoms with Crippen molar-refractivity contribution in [1.29, 1.82) is 0 Å². The summed E-state index contributed by atoms with van der Waals surface area (Å²) in [6.45, 7) is 0. The van der Waals surface area contributed by atoms with Crippen molar-refractivity contribution in [2.24, 2.45) is 0 Å². The van der Waals surface area contributed by atoms with Crippen LogP contribution in [0.5, 0.6) is 5.75 Å². The van der Waals surface area contributed by atoms with E-state index in [1.807, 2.05) is 0 Å². The van der Waals surface area contributed by atoms with E-state index in [9.17, 15) is 9.59 Å². The van der Waals surface area contributed by atoms with Crippen molar-refractivity contribution in [2.75, 3.05) is 7.11 Å². The van der Waals surface area contributed by atoms with E-state index in [0.29, 0.717) is 23.0 Å². The van der Waals surface area contributed by atoms with Gasteiger partial charge in [0.25, 0.3) is 0 Å². The Bertz CT molecular complexity index is 685. The molecule has 1 heterocycles. The maximum absolute atomic E-state index is 11.8. The van der Waals surface area contributed by atoms with Gasteiger partial charge in [-0.2, -0.15) is 0 Å². The molecule has 18 heavy (non-hydrogen) atoms. The summed E-state index contributed by atoms with van der Waals surface area (Å²) in [6.07, 6.45) is 1.61. The predicted octanol–water partition coefficient (Wildman–Crippen LogP) is 2.58. The average Bonchev–Trinajstić information content (AvgIpc) is 2.37. The van der Waals surface area contributed by atoms with Gasteiger partial charge in [-0.15, -0.1) is 0 Å². The van der Waals surface area contributed by atoms with Crippen LogP contribution in [0.3, 0.4) is 0 Å². The molecule has 4 nitrogen and oxygen atoms in total. The van der Waals surface area contributed by atoms with E-state index in [1.165, 1.54) is 7.11 Å². The van der Waals surface area contributed by atoms with Crippen LogP contribution in [0.2, 0.25) is 0 Å². The molecule has 0 fully saturated rings. The van der Waals surface area contributed by atoms with Crippen LogP contribution in [0.25, 0.3) is 16.0 Å². The van der Waals surface area contributed by atoms with E-state index in [2.05, 4.69) is 0 Å². The molecule has 0 unspecified atom stereocenters. The third kappa shape index (κ3) is 2.15. The molecular formula is C13H9ClO4. The van der Waals surface area contributed by atoms with E-state index < -0.39 is 5.63 Å². The second-order valence-electron chi connectivity index (χ2n) is 3.48. The summed E-state index contributed by atoms with van der Waals surface area (Å²) >= 11 is 5.82. The first-order chi connectivity index (χ1) is 8.67. The molecule has 0 atom stereocenters. The van der Waals surface area contributed by atoms with Crippen LogP contribution in [0.15, 0.2) is 39.6 Å². The zero-order valence-electron chi connectivity index (χ0n) is 9.48. The van der Waals surface area contributed by atoms with Gasteiger partial charge in [-0.3, -0.25) is 4.79 Å². The highest BCUT2D eigenvalue weighted by Crippen LogP contribution is 2.26. The molecule has 0 N–H and O–H groups in total. The predicted molar refractivity (Wildman–Crippen MR) is 68.9 cm³/mol. The molecular weight excluding hydrogens is 256 g/mol. The normalized spacial score (nSPS) is 11.6. The summed E-state index contributed by atoms with van der Waals surface area (Å²) in [4.78, 5) is 22.1. The SMILES string of the molecule is COc1cccc2cc(/C(Cl)=C/C=O)c(=O)oc12. The molecule has 0 radical (unpaired) electrons. The fraction of sp³-hybridized carbons (Fsp3) is 0.0769. The molecule has 0 saturated heterocycles. The molecule has 5 heteroatoms. The fourth-order valence-electron chi connectivity index (χ4n) is 1.59. The summed E-state index contributed by atoms with van der Waals surface area (Å²) in [6, 6.07) is 6.78. The Morgan fingerprint density at radius 1 is 1.44 bits per heavy atom. The van der Waals surface area contributed by atoms with Gasteiger partial charge in [0.2, 0.25) is 0 Å². The molecule has 1 aromatic carbocycles. The van der Waals surface area contributed by atoms with E-state index in [-0.39, 0.29) is 10.6 Å². The summed E-state index contributed by atoms with van der Waals surface area (Å²) in [5.74, 6) is 0.464. The number of carbonyl (C=O) groups is 1. The highest BCUT2D eigenvalue weighted by Gasteiger charge is 2.11. The summed E-state index contributed by atoms with van der Waals surface area (Å²) < 4.78 is 10.3. The second kappa shape index (κ2) is 5.06. The van der Waals surface area contributed by atoms with Gasteiger partial charge >= 0.3 is 5.63 Å². The minimum Gasteiger partial charge on any atom is -0.493 e. The van der Waals surface area contributed by atoms with Crippen LogP contribution in [-0.2, 0) is 4.79 Å². The van der Waals surface area contributed by atoms with Crippen LogP contribution in [0.4, 0.5) is 0 Å². The Labute approximate surface area is 107 Å². The number of allylic oxidation sites excluding steroid dienone is 1. The van der Waals surface area contributed by atoms with Crippen LogP contribution in [-0.4, -0.2) is 13.4 Å². The number of hydrogen-bond donors (Lipinski definition) is 0.